The highest BCUT2D eigenvalue weighted by Gasteiger charge is 2.38. The number of aliphatic carboxylic acids is 1. The van der Waals surface area contributed by atoms with Crippen LogP contribution in [0.5, 0.6) is 0 Å². The molecule has 0 saturated carbocycles. The van der Waals surface area contributed by atoms with Gasteiger partial charge >= 0.3 is 5.97 Å². The summed E-state index contributed by atoms with van der Waals surface area (Å²) >= 11 is 0. The molecule has 1 N–H and O–H groups in total. The molecular formula is C17H18N2O2. The molecule has 108 valence electrons. The molecule has 1 saturated heterocycles. The lowest BCUT2D eigenvalue weighted by Crippen LogP contribution is -2.23. The Balaban J connectivity index is 1.77. The summed E-state index contributed by atoms with van der Waals surface area (Å²) in [6, 6.07) is 14.0. The highest BCUT2D eigenvalue weighted by atomic mass is 16.4. The van der Waals surface area contributed by atoms with Crippen LogP contribution < -0.4 is 0 Å². The van der Waals surface area contributed by atoms with Gasteiger partial charge in [0.15, 0.2) is 0 Å². The first-order valence-electron chi connectivity index (χ1n) is 7.13. The van der Waals surface area contributed by atoms with E-state index in [9.17, 15) is 9.90 Å². The molecule has 1 fully saturated rings. The van der Waals surface area contributed by atoms with Crippen molar-refractivity contribution in [3.8, 4) is 0 Å². The number of aromatic nitrogens is 1. The van der Waals surface area contributed by atoms with Crippen molar-refractivity contribution in [2.24, 2.45) is 5.92 Å². The van der Waals surface area contributed by atoms with E-state index in [2.05, 4.69) is 22.0 Å². The summed E-state index contributed by atoms with van der Waals surface area (Å²) in [5.74, 6) is -1.03. The number of hydrogen-bond acceptors (Lipinski definition) is 3. The van der Waals surface area contributed by atoms with Crippen molar-refractivity contribution < 1.29 is 9.90 Å². The van der Waals surface area contributed by atoms with E-state index in [1.807, 2.05) is 30.3 Å². The first-order chi connectivity index (χ1) is 10.2. The number of carboxylic acids is 1. The molecule has 4 nitrogen and oxygen atoms in total. The Kier molecular flexibility index (Phi) is 3.97. The Morgan fingerprint density at radius 3 is 2.52 bits per heavy atom. The van der Waals surface area contributed by atoms with Crippen LogP contribution in [0.3, 0.4) is 0 Å². The summed E-state index contributed by atoms with van der Waals surface area (Å²) in [5.41, 5.74) is 2.28. The van der Waals surface area contributed by atoms with E-state index >= 15 is 0 Å². The van der Waals surface area contributed by atoms with Crippen LogP contribution in [0.2, 0.25) is 0 Å². The average molecular weight is 282 g/mol. The Morgan fingerprint density at radius 2 is 1.86 bits per heavy atom. The Bertz CT molecular complexity index is 601. The molecule has 0 spiro atoms. The smallest absolute Gasteiger partial charge is 0.308 e. The van der Waals surface area contributed by atoms with E-state index in [4.69, 9.17) is 0 Å². The summed E-state index contributed by atoms with van der Waals surface area (Å²) in [6.45, 7) is 2.17. The minimum atomic E-state index is -0.715. The fraction of sp³-hybridized carbons (Fsp3) is 0.294. The molecule has 0 aliphatic carbocycles. The third-order valence-corrected chi connectivity index (χ3v) is 4.10. The standard InChI is InChI=1S/C17H18N2O2/c20-17(21)16-12-19(10-13-4-2-1-3-5-13)11-15(16)14-6-8-18-9-7-14/h1-9,15-16H,10-12H2,(H,20,21)/t15-,16+/m1/s1. The lowest BCUT2D eigenvalue weighted by molar-refractivity contribution is -0.141. The Hall–Kier alpha value is -2.20. The second-order valence-electron chi connectivity index (χ2n) is 5.51. The summed E-state index contributed by atoms with van der Waals surface area (Å²) in [6.07, 6.45) is 3.46. The van der Waals surface area contributed by atoms with Crippen LogP contribution in [0.25, 0.3) is 0 Å². The number of hydrogen-bond donors (Lipinski definition) is 1. The SMILES string of the molecule is O=C(O)[C@H]1CN(Cc2ccccc2)C[C@@H]1c1ccncc1. The molecule has 1 aromatic carbocycles. The quantitative estimate of drug-likeness (QED) is 0.935. The molecule has 2 atom stereocenters. The first kappa shape index (κ1) is 13.8. The summed E-state index contributed by atoms with van der Waals surface area (Å²) in [7, 11) is 0. The van der Waals surface area contributed by atoms with Crippen molar-refractivity contribution in [3.63, 3.8) is 0 Å². The van der Waals surface area contributed by atoms with Crippen LogP contribution in [-0.2, 0) is 11.3 Å². The molecule has 0 unspecified atom stereocenters. The second-order valence-corrected chi connectivity index (χ2v) is 5.51. The number of nitrogens with zero attached hydrogens (tertiary/aromatic N) is 2. The minimum absolute atomic E-state index is 0.0363. The number of benzene rings is 1. The number of carboxylic acid groups (broad SMARTS) is 1. The molecule has 0 bridgehead atoms. The van der Waals surface area contributed by atoms with Gasteiger partial charge in [0.2, 0.25) is 0 Å². The van der Waals surface area contributed by atoms with E-state index in [-0.39, 0.29) is 11.8 Å². The van der Waals surface area contributed by atoms with Crippen molar-refractivity contribution in [2.45, 2.75) is 12.5 Å². The maximum absolute atomic E-state index is 11.5. The van der Waals surface area contributed by atoms with Crippen LogP contribution in [0.1, 0.15) is 17.0 Å². The zero-order chi connectivity index (χ0) is 14.7. The van der Waals surface area contributed by atoms with Crippen molar-refractivity contribution in [3.05, 3.63) is 66.0 Å². The lowest BCUT2D eigenvalue weighted by Gasteiger charge is -2.16. The molecular weight excluding hydrogens is 264 g/mol. The third-order valence-electron chi connectivity index (χ3n) is 4.10. The minimum Gasteiger partial charge on any atom is -0.481 e. The molecule has 1 aromatic heterocycles. The van der Waals surface area contributed by atoms with Gasteiger partial charge in [-0.25, -0.2) is 0 Å². The van der Waals surface area contributed by atoms with E-state index in [0.717, 1.165) is 18.7 Å². The van der Waals surface area contributed by atoms with Gasteiger partial charge in [-0.1, -0.05) is 30.3 Å². The molecule has 1 aliphatic rings. The number of likely N-dealkylation sites (tertiary alicyclic amines) is 1. The molecule has 21 heavy (non-hydrogen) atoms. The number of pyridine rings is 1. The van der Waals surface area contributed by atoms with Gasteiger partial charge in [-0.15, -0.1) is 0 Å². The Labute approximate surface area is 124 Å². The van der Waals surface area contributed by atoms with E-state index in [0.29, 0.717) is 6.54 Å². The fourth-order valence-corrected chi connectivity index (χ4v) is 3.05. The molecule has 0 radical (unpaired) electrons. The normalized spacial score (nSPS) is 22.3. The van der Waals surface area contributed by atoms with E-state index < -0.39 is 5.97 Å². The van der Waals surface area contributed by atoms with Crippen molar-refractivity contribution in [1.82, 2.24) is 9.88 Å². The number of rotatable bonds is 4. The largest absolute Gasteiger partial charge is 0.481 e. The topological polar surface area (TPSA) is 53.4 Å². The molecule has 2 aromatic rings. The maximum atomic E-state index is 11.5. The molecule has 3 rings (SSSR count). The highest BCUT2D eigenvalue weighted by molar-refractivity contribution is 5.72. The van der Waals surface area contributed by atoms with Crippen LogP contribution >= 0.6 is 0 Å². The monoisotopic (exact) mass is 282 g/mol. The highest BCUT2D eigenvalue weighted by Crippen LogP contribution is 2.33. The molecule has 2 heterocycles. The van der Waals surface area contributed by atoms with Gasteiger partial charge in [-0.05, 0) is 23.3 Å². The van der Waals surface area contributed by atoms with Crippen LogP contribution in [0.4, 0.5) is 0 Å². The van der Waals surface area contributed by atoms with Crippen LogP contribution in [-0.4, -0.2) is 34.0 Å². The van der Waals surface area contributed by atoms with Gasteiger partial charge in [-0.3, -0.25) is 14.7 Å². The van der Waals surface area contributed by atoms with Crippen molar-refractivity contribution in [2.75, 3.05) is 13.1 Å². The van der Waals surface area contributed by atoms with Gasteiger partial charge < -0.3 is 5.11 Å². The van der Waals surface area contributed by atoms with Crippen LogP contribution in [0.15, 0.2) is 54.9 Å². The Morgan fingerprint density at radius 1 is 1.14 bits per heavy atom. The molecule has 4 heteroatoms. The summed E-state index contributed by atoms with van der Waals surface area (Å²) in [5, 5.41) is 9.49. The van der Waals surface area contributed by atoms with Gasteiger partial charge in [0, 0.05) is 37.9 Å². The van der Waals surface area contributed by atoms with Gasteiger partial charge in [0.1, 0.15) is 0 Å². The first-order valence-corrected chi connectivity index (χ1v) is 7.13. The molecule has 1 aliphatic heterocycles. The van der Waals surface area contributed by atoms with E-state index in [1.54, 1.807) is 12.4 Å². The summed E-state index contributed by atoms with van der Waals surface area (Å²) < 4.78 is 0. The zero-order valence-electron chi connectivity index (χ0n) is 11.7. The number of carbonyl (C=O) groups is 1. The second kappa shape index (κ2) is 6.06. The predicted molar refractivity (Wildman–Crippen MR) is 79.8 cm³/mol. The summed E-state index contributed by atoms with van der Waals surface area (Å²) in [4.78, 5) is 17.8. The van der Waals surface area contributed by atoms with E-state index in [1.165, 1.54) is 5.56 Å². The van der Waals surface area contributed by atoms with Gasteiger partial charge in [-0.2, -0.15) is 0 Å². The maximum Gasteiger partial charge on any atom is 0.308 e. The van der Waals surface area contributed by atoms with Gasteiger partial charge in [0.25, 0.3) is 0 Å². The zero-order valence-corrected chi connectivity index (χ0v) is 11.7. The lowest BCUT2D eigenvalue weighted by atomic mass is 9.90. The predicted octanol–water partition coefficient (Wildman–Crippen LogP) is 2.38. The molecule has 0 amide bonds. The van der Waals surface area contributed by atoms with Crippen molar-refractivity contribution >= 4 is 5.97 Å². The fourth-order valence-electron chi connectivity index (χ4n) is 3.05. The third kappa shape index (κ3) is 3.11. The van der Waals surface area contributed by atoms with Crippen molar-refractivity contribution in [1.29, 1.82) is 0 Å². The average Bonchev–Trinajstić information content (AvgIpc) is 2.93. The van der Waals surface area contributed by atoms with Crippen LogP contribution in [0, 0.1) is 5.92 Å². The van der Waals surface area contributed by atoms with Gasteiger partial charge in [0.05, 0.1) is 5.92 Å².